The summed E-state index contributed by atoms with van der Waals surface area (Å²) < 4.78 is 1.04. The zero-order valence-corrected chi connectivity index (χ0v) is 11.0. The third-order valence-corrected chi connectivity index (χ3v) is 2.75. The number of hydrogen-bond acceptors (Lipinski definition) is 2. The topological polar surface area (TPSA) is 36.8 Å². The average Bonchev–Trinajstić information content (AvgIpc) is 2.34. The predicted molar refractivity (Wildman–Crippen MR) is 73.5 cm³/mol. The first-order valence-electron chi connectivity index (χ1n) is 5.23. The monoisotopic (exact) mass is 289 g/mol. The highest BCUT2D eigenvalue weighted by Gasteiger charge is 1.90. The van der Waals surface area contributed by atoms with E-state index in [1.807, 2.05) is 55.5 Å². The molecule has 0 aliphatic carbocycles. The molecular formula is C13H12BrN3. The van der Waals surface area contributed by atoms with Crippen LogP contribution < -0.4 is 5.43 Å². The molecule has 0 radical (unpaired) electrons. The number of nitrogens with zero attached hydrogens (tertiary/aromatic N) is 2. The van der Waals surface area contributed by atoms with Crippen LogP contribution in [0.15, 0.2) is 63.3 Å². The van der Waals surface area contributed by atoms with Crippen LogP contribution in [0.1, 0.15) is 5.56 Å². The Morgan fingerprint density at radius 1 is 0.941 bits per heavy atom. The van der Waals surface area contributed by atoms with E-state index in [0.717, 1.165) is 15.8 Å². The number of halogens is 1. The average molecular weight is 290 g/mol. The summed E-state index contributed by atoms with van der Waals surface area (Å²) in [7, 11) is 0. The fraction of sp³-hybridized carbons (Fsp3) is 0.0769. The van der Waals surface area contributed by atoms with E-state index in [9.17, 15) is 0 Å². The minimum absolute atomic E-state index is 0.834. The van der Waals surface area contributed by atoms with Gasteiger partial charge in [-0.2, -0.15) is 0 Å². The summed E-state index contributed by atoms with van der Waals surface area (Å²) in [6, 6.07) is 15.6. The van der Waals surface area contributed by atoms with Gasteiger partial charge in [-0.1, -0.05) is 38.8 Å². The molecule has 0 aliphatic heterocycles. The van der Waals surface area contributed by atoms with Gasteiger partial charge in [0.05, 0.1) is 11.4 Å². The van der Waals surface area contributed by atoms with Gasteiger partial charge in [-0.15, -0.1) is 5.11 Å². The third-order valence-electron chi connectivity index (χ3n) is 2.22. The lowest BCUT2D eigenvalue weighted by Crippen LogP contribution is -1.85. The van der Waals surface area contributed by atoms with Gasteiger partial charge in [0.25, 0.3) is 0 Å². The number of hydrogen-bond donors (Lipinski definition) is 1. The summed E-state index contributed by atoms with van der Waals surface area (Å²) in [5.74, 6) is 0. The Hall–Kier alpha value is -1.68. The molecule has 3 nitrogen and oxygen atoms in total. The third kappa shape index (κ3) is 3.67. The van der Waals surface area contributed by atoms with Crippen molar-refractivity contribution < 1.29 is 0 Å². The highest BCUT2D eigenvalue weighted by Crippen LogP contribution is 2.16. The predicted octanol–water partition coefficient (Wildman–Crippen LogP) is 4.87. The van der Waals surface area contributed by atoms with Crippen LogP contribution in [-0.2, 0) is 0 Å². The van der Waals surface area contributed by atoms with E-state index in [1.165, 1.54) is 5.56 Å². The standard InChI is InChI=1S/C13H12BrN3/c1-10-2-6-12(7-3-10)15-17-16-13-8-4-11(14)5-9-13/h2-9H,1H3,(H,15,16). The van der Waals surface area contributed by atoms with E-state index >= 15 is 0 Å². The second-order valence-corrected chi connectivity index (χ2v) is 4.57. The number of rotatable bonds is 3. The molecule has 2 aromatic carbocycles. The lowest BCUT2D eigenvalue weighted by molar-refractivity contribution is 1.13. The van der Waals surface area contributed by atoms with Crippen molar-refractivity contribution in [1.82, 2.24) is 0 Å². The van der Waals surface area contributed by atoms with Gasteiger partial charge in [0.15, 0.2) is 0 Å². The molecule has 2 aromatic rings. The molecule has 0 saturated heterocycles. The van der Waals surface area contributed by atoms with E-state index in [2.05, 4.69) is 31.7 Å². The van der Waals surface area contributed by atoms with Crippen molar-refractivity contribution in [2.75, 3.05) is 5.43 Å². The Morgan fingerprint density at radius 3 is 2.24 bits per heavy atom. The van der Waals surface area contributed by atoms with Crippen LogP contribution in [0, 0.1) is 6.92 Å². The minimum Gasteiger partial charge on any atom is -0.260 e. The molecule has 0 heterocycles. The summed E-state index contributed by atoms with van der Waals surface area (Å²) >= 11 is 3.38. The van der Waals surface area contributed by atoms with Crippen molar-refractivity contribution in [3.05, 3.63) is 58.6 Å². The molecule has 17 heavy (non-hydrogen) atoms. The van der Waals surface area contributed by atoms with E-state index in [4.69, 9.17) is 0 Å². The zero-order chi connectivity index (χ0) is 12.1. The first kappa shape index (κ1) is 11.8. The fourth-order valence-corrected chi connectivity index (χ4v) is 1.54. The maximum atomic E-state index is 4.07. The molecule has 0 fully saturated rings. The van der Waals surface area contributed by atoms with E-state index < -0.39 is 0 Å². The molecule has 4 heteroatoms. The number of benzene rings is 2. The molecule has 0 aromatic heterocycles. The maximum absolute atomic E-state index is 4.07. The van der Waals surface area contributed by atoms with Crippen molar-refractivity contribution in [3.63, 3.8) is 0 Å². The van der Waals surface area contributed by atoms with Gasteiger partial charge in [0.2, 0.25) is 0 Å². The Bertz CT molecular complexity index is 503. The first-order chi connectivity index (χ1) is 8.24. The van der Waals surface area contributed by atoms with Gasteiger partial charge in [0.1, 0.15) is 0 Å². The molecule has 86 valence electrons. The Kier molecular flexibility index (Phi) is 3.88. The lowest BCUT2D eigenvalue weighted by Gasteiger charge is -1.98. The SMILES string of the molecule is Cc1ccc(N=NNc2ccc(Br)cc2)cc1. The van der Waals surface area contributed by atoms with Crippen LogP contribution in [0.2, 0.25) is 0 Å². The fourth-order valence-electron chi connectivity index (χ4n) is 1.28. The van der Waals surface area contributed by atoms with Crippen molar-refractivity contribution >= 4 is 27.3 Å². The van der Waals surface area contributed by atoms with Crippen molar-refractivity contribution in [2.45, 2.75) is 6.92 Å². The maximum Gasteiger partial charge on any atom is 0.0874 e. The highest BCUT2D eigenvalue weighted by molar-refractivity contribution is 9.10. The van der Waals surface area contributed by atoms with E-state index in [-0.39, 0.29) is 0 Å². The summed E-state index contributed by atoms with van der Waals surface area (Å²) in [6.07, 6.45) is 0. The Labute approximate surface area is 109 Å². The van der Waals surface area contributed by atoms with E-state index in [0.29, 0.717) is 0 Å². The summed E-state index contributed by atoms with van der Waals surface area (Å²) in [6.45, 7) is 2.04. The molecule has 0 bridgehead atoms. The van der Waals surface area contributed by atoms with Crippen molar-refractivity contribution in [1.29, 1.82) is 0 Å². The van der Waals surface area contributed by atoms with Gasteiger partial charge in [0, 0.05) is 4.47 Å². The zero-order valence-electron chi connectivity index (χ0n) is 9.39. The number of nitrogens with one attached hydrogen (secondary N) is 1. The molecule has 1 N–H and O–H groups in total. The normalized spacial score (nSPS) is 10.7. The molecule has 2 rings (SSSR count). The van der Waals surface area contributed by atoms with Gasteiger partial charge in [-0.05, 0) is 43.3 Å². The largest absolute Gasteiger partial charge is 0.260 e. The summed E-state index contributed by atoms with van der Waals surface area (Å²) in [5.41, 5.74) is 5.83. The molecule has 0 saturated carbocycles. The molecular weight excluding hydrogens is 278 g/mol. The van der Waals surface area contributed by atoms with Gasteiger partial charge < -0.3 is 0 Å². The van der Waals surface area contributed by atoms with Crippen LogP contribution in [0.5, 0.6) is 0 Å². The second kappa shape index (κ2) is 5.59. The van der Waals surface area contributed by atoms with E-state index in [1.54, 1.807) is 0 Å². The van der Waals surface area contributed by atoms with Crippen LogP contribution in [0.4, 0.5) is 11.4 Å². The summed E-state index contributed by atoms with van der Waals surface area (Å²) in [5, 5.41) is 8.00. The Morgan fingerprint density at radius 2 is 1.59 bits per heavy atom. The van der Waals surface area contributed by atoms with Gasteiger partial charge in [-0.25, -0.2) is 0 Å². The smallest absolute Gasteiger partial charge is 0.0874 e. The molecule has 0 aliphatic rings. The van der Waals surface area contributed by atoms with Crippen LogP contribution in [-0.4, -0.2) is 0 Å². The van der Waals surface area contributed by atoms with Gasteiger partial charge in [-0.3, -0.25) is 5.43 Å². The highest BCUT2D eigenvalue weighted by atomic mass is 79.9. The second-order valence-electron chi connectivity index (χ2n) is 3.65. The van der Waals surface area contributed by atoms with Crippen LogP contribution in [0.25, 0.3) is 0 Å². The molecule has 0 amide bonds. The number of anilines is 1. The minimum atomic E-state index is 0.834. The number of aryl methyl sites for hydroxylation is 1. The van der Waals surface area contributed by atoms with Gasteiger partial charge >= 0.3 is 0 Å². The summed E-state index contributed by atoms with van der Waals surface area (Å²) in [4.78, 5) is 0. The lowest BCUT2D eigenvalue weighted by atomic mass is 10.2. The van der Waals surface area contributed by atoms with Crippen LogP contribution >= 0.6 is 15.9 Å². The van der Waals surface area contributed by atoms with Crippen LogP contribution in [0.3, 0.4) is 0 Å². The Balaban J connectivity index is 1.97. The quantitative estimate of drug-likeness (QED) is 0.635. The molecule has 0 unspecified atom stereocenters. The first-order valence-corrected chi connectivity index (χ1v) is 6.02. The molecule has 0 atom stereocenters. The van der Waals surface area contributed by atoms with Crippen molar-refractivity contribution in [2.24, 2.45) is 10.3 Å². The molecule has 0 spiro atoms. The van der Waals surface area contributed by atoms with Crippen molar-refractivity contribution in [3.8, 4) is 0 Å².